The van der Waals surface area contributed by atoms with E-state index in [0.717, 1.165) is 25.7 Å². The van der Waals surface area contributed by atoms with Crippen LogP contribution in [0.5, 0.6) is 0 Å². The van der Waals surface area contributed by atoms with Crippen molar-refractivity contribution in [1.29, 1.82) is 0 Å². The first-order chi connectivity index (χ1) is 14.2. The summed E-state index contributed by atoms with van der Waals surface area (Å²) in [6, 6.07) is 0.0232. The van der Waals surface area contributed by atoms with Gasteiger partial charge in [0.15, 0.2) is 0 Å². The summed E-state index contributed by atoms with van der Waals surface area (Å²) in [5, 5.41) is 27.9. The molecular weight excluding hydrogens is 428 g/mol. The minimum Gasteiger partial charge on any atom is -0.481 e. The van der Waals surface area contributed by atoms with Gasteiger partial charge in [-0.25, -0.2) is 0 Å². The maximum atomic E-state index is 11.4. The van der Waals surface area contributed by atoms with Crippen LogP contribution in [0.3, 0.4) is 0 Å². The minimum absolute atomic E-state index is 0.0421. The van der Waals surface area contributed by atoms with Crippen molar-refractivity contribution in [2.75, 3.05) is 26.2 Å². The molecule has 0 aromatic heterocycles. The zero-order valence-corrected chi connectivity index (χ0v) is 19.0. The molecule has 0 aliphatic heterocycles. The third kappa shape index (κ3) is 7.62. The van der Waals surface area contributed by atoms with Crippen LogP contribution in [0.1, 0.15) is 51.4 Å². The molecule has 5 unspecified atom stereocenters. The van der Waals surface area contributed by atoms with Crippen molar-refractivity contribution < 1.29 is 29.7 Å². The average Bonchev–Trinajstić information content (AvgIpc) is 2.66. The fourth-order valence-corrected chi connectivity index (χ4v) is 5.96. The second-order valence-electron chi connectivity index (χ2n) is 8.48. The van der Waals surface area contributed by atoms with Crippen LogP contribution in [0.15, 0.2) is 0 Å². The molecule has 0 aromatic rings. The zero-order chi connectivity index (χ0) is 22.3. The fourth-order valence-electron chi connectivity index (χ4n) is 4.85. The minimum atomic E-state index is -0.930. The van der Waals surface area contributed by atoms with Crippen LogP contribution in [-0.2, 0) is 14.4 Å². The summed E-state index contributed by atoms with van der Waals surface area (Å²) in [4.78, 5) is 37.9. The first-order valence-corrected chi connectivity index (χ1v) is 11.7. The quantitative estimate of drug-likeness (QED) is 0.296. The predicted molar refractivity (Wildman–Crippen MR) is 120 cm³/mol. The van der Waals surface area contributed by atoms with Crippen molar-refractivity contribution in [3.05, 3.63) is 0 Å². The van der Waals surface area contributed by atoms with E-state index in [-0.39, 0.29) is 35.7 Å². The van der Waals surface area contributed by atoms with Crippen LogP contribution in [0.2, 0.25) is 0 Å². The molecular formula is C20H34N2O6S2. The van der Waals surface area contributed by atoms with Gasteiger partial charge < -0.3 is 15.3 Å². The number of thiol groups is 2. The molecule has 2 saturated carbocycles. The number of hydrogen-bond donors (Lipinski definition) is 5. The van der Waals surface area contributed by atoms with Crippen molar-refractivity contribution in [1.82, 2.24) is 9.80 Å². The molecule has 3 N–H and O–H groups in total. The van der Waals surface area contributed by atoms with E-state index in [4.69, 9.17) is 0 Å². The first kappa shape index (κ1) is 25.3. The molecule has 0 heterocycles. The lowest BCUT2D eigenvalue weighted by molar-refractivity contribution is -0.144. The second kappa shape index (κ2) is 12.2. The number of carboxylic acids is 3. The highest BCUT2D eigenvalue weighted by atomic mass is 32.1. The lowest BCUT2D eigenvalue weighted by Crippen LogP contribution is -2.50. The van der Waals surface area contributed by atoms with Crippen LogP contribution in [0, 0.1) is 5.92 Å². The number of hydrogen-bond acceptors (Lipinski definition) is 7. The summed E-state index contributed by atoms with van der Waals surface area (Å²) in [6.45, 7) is 0.897. The Hall–Kier alpha value is -0.970. The van der Waals surface area contributed by atoms with Crippen molar-refractivity contribution in [2.45, 2.75) is 74.0 Å². The SMILES string of the molecule is O=C(O)CN(CCCN(CC(=O)O)C1CCC(C(=O)O)CC1S)C1CCCCC1S. The van der Waals surface area contributed by atoms with Crippen LogP contribution in [-0.4, -0.2) is 91.8 Å². The van der Waals surface area contributed by atoms with E-state index >= 15 is 0 Å². The Balaban J connectivity index is 1.97. The maximum absolute atomic E-state index is 11.4. The monoisotopic (exact) mass is 462 g/mol. The van der Waals surface area contributed by atoms with Gasteiger partial charge in [0.25, 0.3) is 0 Å². The van der Waals surface area contributed by atoms with Gasteiger partial charge in [-0.3, -0.25) is 24.2 Å². The molecule has 2 rings (SSSR count). The van der Waals surface area contributed by atoms with Gasteiger partial charge in [0.05, 0.1) is 19.0 Å². The predicted octanol–water partition coefficient (Wildman–Crippen LogP) is 1.94. The third-order valence-electron chi connectivity index (χ3n) is 6.33. The molecule has 30 heavy (non-hydrogen) atoms. The summed E-state index contributed by atoms with van der Waals surface area (Å²) in [7, 11) is 0. The van der Waals surface area contributed by atoms with Crippen molar-refractivity contribution in [2.24, 2.45) is 5.92 Å². The molecule has 2 fully saturated rings. The highest BCUT2D eigenvalue weighted by Crippen LogP contribution is 2.32. The Morgan fingerprint density at radius 3 is 1.77 bits per heavy atom. The van der Waals surface area contributed by atoms with E-state index in [1.807, 2.05) is 9.80 Å². The fraction of sp³-hybridized carbons (Fsp3) is 0.850. The van der Waals surface area contributed by atoms with Gasteiger partial charge in [0, 0.05) is 35.7 Å². The smallest absolute Gasteiger partial charge is 0.317 e. The lowest BCUT2D eigenvalue weighted by atomic mass is 9.84. The van der Waals surface area contributed by atoms with Gasteiger partial charge in [-0.2, -0.15) is 25.3 Å². The summed E-state index contributed by atoms with van der Waals surface area (Å²) in [5.74, 6) is -3.05. The van der Waals surface area contributed by atoms with E-state index in [1.54, 1.807) is 0 Å². The number of carboxylic acid groups (broad SMARTS) is 3. The molecule has 0 radical (unpaired) electrons. The summed E-state index contributed by atoms with van der Waals surface area (Å²) < 4.78 is 0. The van der Waals surface area contributed by atoms with Gasteiger partial charge >= 0.3 is 17.9 Å². The molecule has 0 spiro atoms. The normalized spacial score (nSPS) is 29.8. The van der Waals surface area contributed by atoms with E-state index in [9.17, 15) is 29.7 Å². The van der Waals surface area contributed by atoms with E-state index in [2.05, 4.69) is 25.3 Å². The number of carbonyl (C=O) groups is 3. The lowest BCUT2D eigenvalue weighted by Gasteiger charge is -2.40. The third-order valence-corrected chi connectivity index (χ3v) is 7.49. The number of rotatable bonds is 11. The highest BCUT2D eigenvalue weighted by Gasteiger charge is 2.36. The molecule has 0 saturated heterocycles. The average molecular weight is 463 g/mol. The molecule has 2 aliphatic carbocycles. The van der Waals surface area contributed by atoms with Crippen LogP contribution in [0.25, 0.3) is 0 Å². The molecule has 0 aromatic carbocycles. The van der Waals surface area contributed by atoms with Crippen molar-refractivity contribution >= 4 is 43.2 Å². The van der Waals surface area contributed by atoms with Gasteiger partial charge in [-0.05, 0) is 38.5 Å². The molecule has 8 nitrogen and oxygen atoms in total. The maximum Gasteiger partial charge on any atom is 0.317 e. The Morgan fingerprint density at radius 2 is 1.30 bits per heavy atom. The Labute approximate surface area is 188 Å². The number of nitrogens with zero attached hydrogens (tertiary/aromatic N) is 2. The topological polar surface area (TPSA) is 118 Å². The van der Waals surface area contributed by atoms with E-state index < -0.39 is 23.8 Å². The van der Waals surface area contributed by atoms with Crippen LogP contribution in [0.4, 0.5) is 0 Å². The second-order valence-corrected chi connectivity index (χ2v) is 9.81. The Kier molecular flexibility index (Phi) is 10.3. The zero-order valence-electron chi connectivity index (χ0n) is 17.2. The van der Waals surface area contributed by atoms with Crippen LogP contribution >= 0.6 is 25.3 Å². The largest absolute Gasteiger partial charge is 0.481 e. The highest BCUT2D eigenvalue weighted by molar-refractivity contribution is 7.81. The van der Waals surface area contributed by atoms with E-state index in [1.165, 1.54) is 0 Å². The summed E-state index contributed by atoms with van der Waals surface area (Å²) in [5.41, 5.74) is 0. The van der Waals surface area contributed by atoms with Gasteiger partial charge in [0.2, 0.25) is 0 Å². The first-order valence-electron chi connectivity index (χ1n) is 10.7. The van der Waals surface area contributed by atoms with Crippen LogP contribution < -0.4 is 0 Å². The Morgan fingerprint density at radius 1 is 0.767 bits per heavy atom. The van der Waals surface area contributed by atoms with Gasteiger partial charge in [-0.1, -0.05) is 12.8 Å². The van der Waals surface area contributed by atoms with E-state index in [0.29, 0.717) is 38.8 Å². The number of aliphatic carboxylic acids is 3. The molecule has 10 heteroatoms. The molecule has 0 bridgehead atoms. The summed E-state index contributed by atoms with van der Waals surface area (Å²) >= 11 is 9.24. The van der Waals surface area contributed by atoms with Gasteiger partial charge in [-0.15, -0.1) is 0 Å². The Bertz CT molecular complexity index is 608. The van der Waals surface area contributed by atoms with Crippen molar-refractivity contribution in [3.8, 4) is 0 Å². The standard InChI is InChI=1S/C20H34N2O6S2/c23-18(24)11-21(14-4-1-2-5-16(14)29)8-3-9-22(12-19(25)26)15-7-6-13(20(27)28)10-17(15)30/h13-17,29-30H,1-12H2,(H,23,24)(H,25,26)(H,27,28). The molecule has 0 amide bonds. The summed E-state index contributed by atoms with van der Waals surface area (Å²) in [6.07, 6.45) is 6.25. The molecule has 5 atom stereocenters. The molecule has 172 valence electrons. The molecule has 2 aliphatic rings. The van der Waals surface area contributed by atoms with Crippen molar-refractivity contribution in [3.63, 3.8) is 0 Å². The van der Waals surface area contributed by atoms with Gasteiger partial charge in [0.1, 0.15) is 0 Å².